The van der Waals surface area contributed by atoms with Gasteiger partial charge in [-0.2, -0.15) is 0 Å². The van der Waals surface area contributed by atoms with E-state index in [1.165, 1.54) is 5.56 Å². The SMILES string of the molecule is Cc1ccc(Nc2cccc(Cl)n2)cc1. The third-order valence-electron chi connectivity index (χ3n) is 2.04. The van der Waals surface area contributed by atoms with Crippen molar-refractivity contribution < 1.29 is 0 Å². The molecule has 2 nitrogen and oxygen atoms in total. The number of nitrogens with one attached hydrogen (secondary N) is 1. The van der Waals surface area contributed by atoms with Gasteiger partial charge in [0.15, 0.2) is 0 Å². The summed E-state index contributed by atoms with van der Waals surface area (Å²) in [6, 6.07) is 13.6. The largest absolute Gasteiger partial charge is 0.340 e. The van der Waals surface area contributed by atoms with E-state index in [9.17, 15) is 0 Å². The van der Waals surface area contributed by atoms with E-state index in [1.54, 1.807) is 6.07 Å². The van der Waals surface area contributed by atoms with Crippen LogP contribution in [0, 0.1) is 6.92 Å². The zero-order chi connectivity index (χ0) is 10.7. The Hall–Kier alpha value is -1.54. The molecular weight excluding hydrogens is 208 g/mol. The highest BCUT2D eigenvalue weighted by Gasteiger charge is 1.96. The number of aromatic nitrogens is 1. The molecule has 0 amide bonds. The third-order valence-corrected chi connectivity index (χ3v) is 2.25. The molecular formula is C12H11ClN2. The maximum absolute atomic E-state index is 5.79. The van der Waals surface area contributed by atoms with Crippen molar-refractivity contribution in [2.75, 3.05) is 5.32 Å². The van der Waals surface area contributed by atoms with Crippen LogP contribution < -0.4 is 5.32 Å². The summed E-state index contributed by atoms with van der Waals surface area (Å²) in [4.78, 5) is 4.15. The molecule has 0 unspecified atom stereocenters. The Balaban J connectivity index is 2.18. The van der Waals surface area contributed by atoms with Crippen LogP contribution in [0.1, 0.15) is 5.56 Å². The molecule has 0 spiro atoms. The van der Waals surface area contributed by atoms with Gasteiger partial charge in [-0.05, 0) is 31.2 Å². The minimum atomic E-state index is 0.493. The van der Waals surface area contributed by atoms with E-state index in [0.29, 0.717) is 5.15 Å². The molecule has 0 atom stereocenters. The fourth-order valence-electron chi connectivity index (χ4n) is 1.26. The van der Waals surface area contributed by atoms with Gasteiger partial charge in [0.05, 0.1) is 0 Å². The van der Waals surface area contributed by atoms with Crippen LogP contribution in [0.4, 0.5) is 11.5 Å². The van der Waals surface area contributed by atoms with Gasteiger partial charge < -0.3 is 5.32 Å². The first-order valence-corrected chi connectivity index (χ1v) is 5.08. The molecule has 0 saturated heterocycles. The zero-order valence-corrected chi connectivity index (χ0v) is 9.12. The van der Waals surface area contributed by atoms with Gasteiger partial charge in [0.25, 0.3) is 0 Å². The molecule has 1 aromatic heterocycles. The van der Waals surface area contributed by atoms with Crippen LogP contribution >= 0.6 is 11.6 Å². The molecule has 1 heterocycles. The number of hydrogen-bond donors (Lipinski definition) is 1. The van der Waals surface area contributed by atoms with Gasteiger partial charge in [-0.3, -0.25) is 0 Å². The standard InChI is InChI=1S/C12H11ClN2/c1-9-5-7-10(8-6-9)14-12-4-2-3-11(13)15-12/h2-8H,1H3,(H,14,15). The average Bonchev–Trinajstić information content (AvgIpc) is 2.22. The Morgan fingerprint density at radius 3 is 2.47 bits per heavy atom. The van der Waals surface area contributed by atoms with E-state index >= 15 is 0 Å². The molecule has 3 heteroatoms. The molecule has 76 valence electrons. The topological polar surface area (TPSA) is 24.9 Å². The highest BCUT2D eigenvalue weighted by atomic mass is 35.5. The van der Waals surface area contributed by atoms with E-state index in [-0.39, 0.29) is 0 Å². The van der Waals surface area contributed by atoms with Gasteiger partial charge in [0.2, 0.25) is 0 Å². The van der Waals surface area contributed by atoms with Gasteiger partial charge >= 0.3 is 0 Å². The second-order valence-corrected chi connectivity index (χ2v) is 3.72. The summed E-state index contributed by atoms with van der Waals surface area (Å²) in [5.74, 6) is 0.756. The lowest BCUT2D eigenvalue weighted by Crippen LogP contribution is -1.92. The zero-order valence-electron chi connectivity index (χ0n) is 8.37. The average molecular weight is 219 g/mol. The number of halogens is 1. The molecule has 0 radical (unpaired) electrons. The molecule has 1 N–H and O–H groups in total. The van der Waals surface area contributed by atoms with Crippen LogP contribution in [0.15, 0.2) is 42.5 Å². The van der Waals surface area contributed by atoms with Crippen molar-refractivity contribution in [3.63, 3.8) is 0 Å². The van der Waals surface area contributed by atoms with Crippen molar-refractivity contribution in [1.82, 2.24) is 4.98 Å². The van der Waals surface area contributed by atoms with E-state index < -0.39 is 0 Å². The lowest BCUT2D eigenvalue weighted by Gasteiger charge is -2.05. The molecule has 0 saturated carbocycles. The van der Waals surface area contributed by atoms with Crippen molar-refractivity contribution >= 4 is 23.1 Å². The van der Waals surface area contributed by atoms with Crippen LogP contribution in [0.25, 0.3) is 0 Å². The summed E-state index contributed by atoms with van der Waals surface area (Å²) in [6.07, 6.45) is 0. The number of nitrogens with zero attached hydrogens (tertiary/aromatic N) is 1. The highest BCUT2D eigenvalue weighted by Crippen LogP contribution is 2.16. The normalized spacial score (nSPS) is 10.0. The number of benzene rings is 1. The second-order valence-electron chi connectivity index (χ2n) is 3.34. The first kappa shape index (κ1) is 9.99. The first-order chi connectivity index (χ1) is 7.24. The van der Waals surface area contributed by atoms with E-state index in [1.807, 2.05) is 36.4 Å². The quantitative estimate of drug-likeness (QED) is 0.776. The monoisotopic (exact) mass is 218 g/mol. The van der Waals surface area contributed by atoms with E-state index in [0.717, 1.165) is 11.5 Å². The summed E-state index contributed by atoms with van der Waals surface area (Å²) in [5.41, 5.74) is 2.25. The van der Waals surface area contributed by atoms with Gasteiger partial charge in [-0.25, -0.2) is 4.98 Å². The van der Waals surface area contributed by atoms with Gasteiger partial charge in [0.1, 0.15) is 11.0 Å². The Kier molecular flexibility index (Phi) is 2.88. The maximum atomic E-state index is 5.79. The van der Waals surface area contributed by atoms with Crippen LogP contribution in [-0.4, -0.2) is 4.98 Å². The highest BCUT2D eigenvalue weighted by molar-refractivity contribution is 6.29. The van der Waals surface area contributed by atoms with Gasteiger partial charge in [-0.15, -0.1) is 0 Å². The summed E-state index contributed by atoms with van der Waals surface area (Å²) >= 11 is 5.79. The van der Waals surface area contributed by atoms with E-state index in [4.69, 9.17) is 11.6 Å². The van der Waals surface area contributed by atoms with Crippen LogP contribution in [0.2, 0.25) is 5.15 Å². The molecule has 0 fully saturated rings. The van der Waals surface area contributed by atoms with Crippen molar-refractivity contribution in [2.24, 2.45) is 0 Å². The number of aryl methyl sites for hydroxylation is 1. The van der Waals surface area contributed by atoms with Crippen LogP contribution in [0.3, 0.4) is 0 Å². The fourth-order valence-corrected chi connectivity index (χ4v) is 1.43. The minimum absolute atomic E-state index is 0.493. The van der Waals surface area contributed by atoms with E-state index in [2.05, 4.69) is 17.2 Å². The maximum Gasteiger partial charge on any atom is 0.132 e. The molecule has 0 bridgehead atoms. The molecule has 2 aromatic rings. The lowest BCUT2D eigenvalue weighted by atomic mass is 10.2. The molecule has 0 aliphatic heterocycles. The first-order valence-electron chi connectivity index (χ1n) is 4.70. The fraction of sp³-hybridized carbons (Fsp3) is 0.0833. The predicted octanol–water partition coefficient (Wildman–Crippen LogP) is 3.79. The Labute approximate surface area is 93.9 Å². The Morgan fingerprint density at radius 1 is 1.07 bits per heavy atom. The van der Waals surface area contributed by atoms with Gasteiger partial charge in [-0.1, -0.05) is 35.4 Å². The number of anilines is 2. The molecule has 2 rings (SSSR count). The molecule has 15 heavy (non-hydrogen) atoms. The molecule has 0 aliphatic rings. The summed E-state index contributed by atoms with van der Waals surface area (Å²) in [7, 11) is 0. The number of pyridine rings is 1. The summed E-state index contributed by atoms with van der Waals surface area (Å²) < 4.78 is 0. The molecule has 1 aromatic carbocycles. The third kappa shape index (κ3) is 2.70. The van der Waals surface area contributed by atoms with Gasteiger partial charge in [0, 0.05) is 5.69 Å². The lowest BCUT2D eigenvalue weighted by molar-refractivity contribution is 1.30. The minimum Gasteiger partial charge on any atom is -0.340 e. The van der Waals surface area contributed by atoms with Crippen molar-refractivity contribution in [2.45, 2.75) is 6.92 Å². The summed E-state index contributed by atoms with van der Waals surface area (Å²) in [5, 5.41) is 3.67. The predicted molar refractivity (Wildman–Crippen MR) is 63.7 cm³/mol. The van der Waals surface area contributed by atoms with Crippen molar-refractivity contribution in [1.29, 1.82) is 0 Å². The molecule has 0 aliphatic carbocycles. The van der Waals surface area contributed by atoms with Crippen molar-refractivity contribution in [3.8, 4) is 0 Å². The van der Waals surface area contributed by atoms with Crippen LogP contribution in [0.5, 0.6) is 0 Å². The summed E-state index contributed by atoms with van der Waals surface area (Å²) in [6.45, 7) is 2.06. The smallest absolute Gasteiger partial charge is 0.132 e. The van der Waals surface area contributed by atoms with Crippen molar-refractivity contribution in [3.05, 3.63) is 53.2 Å². The number of rotatable bonds is 2. The Morgan fingerprint density at radius 2 is 1.80 bits per heavy atom. The van der Waals surface area contributed by atoms with Crippen LogP contribution in [-0.2, 0) is 0 Å². The number of hydrogen-bond acceptors (Lipinski definition) is 2. The second kappa shape index (κ2) is 4.32. The Bertz CT molecular complexity index is 451.